The summed E-state index contributed by atoms with van der Waals surface area (Å²) in [7, 11) is 0. The minimum atomic E-state index is 0.163. The molecule has 0 amide bonds. The van der Waals surface area contributed by atoms with Gasteiger partial charge in [0.1, 0.15) is 5.78 Å². The zero-order chi connectivity index (χ0) is 12.3. The minimum Gasteiger partial charge on any atom is -0.300 e. The maximum atomic E-state index is 11.4. The Morgan fingerprint density at radius 2 is 1.82 bits per heavy atom. The van der Waals surface area contributed by atoms with Crippen LogP contribution >= 0.6 is 0 Å². The number of carbonyl (C=O) groups excluding carboxylic acids is 1. The van der Waals surface area contributed by atoms with Crippen molar-refractivity contribution < 1.29 is 4.79 Å². The van der Waals surface area contributed by atoms with Crippen LogP contribution in [0.1, 0.15) is 25.8 Å². The summed E-state index contributed by atoms with van der Waals surface area (Å²) in [5.74, 6) is 0.455. The Morgan fingerprint density at radius 3 is 2.47 bits per heavy atom. The second-order valence-electron chi connectivity index (χ2n) is 4.60. The first-order chi connectivity index (χ1) is 8.20. The molecule has 0 saturated carbocycles. The van der Waals surface area contributed by atoms with E-state index in [0.29, 0.717) is 5.78 Å². The van der Waals surface area contributed by atoms with E-state index in [1.807, 2.05) is 12.1 Å². The lowest BCUT2D eigenvalue weighted by atomic mass is 9.92. The molecule has 0 fully saturated rings. The van der Waals surface area contributed by atoms with Gasteiger partial charge in [0.15, 0.2) is 0 Å². The maximum absolute atomic E-state index is 11.4. The summed E-state index contributed by atoms with van der Waals surface area (Å²) in [6.45, 7) is 3.77. The highest BCUT2D eigenvalue weighted by Gasteiger charge is 2.12. The molecule has 0 N–H and O–H groups in total. The Bertz CT molecular complexity index is 528. The molecular formula is C16H18O. The first-order valence-electron chi connectivity index (χ1n) is 6.19. The van der Waals surface area contributed by atoms with Gasteiger partial charge in [-0.1, -0.05) is 49.4 Å². The van der Waals surface area contributed by atoms with Crippen LogP contribution < -0.4 is 0 Å². The second kappa shape index (κ2) is 5.13. The van der Waals surface area contributed by atoms with Gasteiger partial charge in [-0.3, -0.25) is 4.79 Å². The highest BCUT2D eigenvalue weighted by molar-refractivity contribution is 5.83. The Kier molecular flexibility index (Phi) is 3.58. The van der Waals surface area contributed by atoms with Gasteiger partial charge in [-0.05, 0) is 36.1 Å². The van der Waals surface area contributed by atoms with E-state index >= 15 is 0 Å². The molecule has 0 aliphatic rings. The van der Waals surface area contributed by atoms with E-state index in [1.165, 1.54) is 16.3 Å². The Hall–Kier alpha value is -1.63. The van der Waals surface area contributed by atoms with E-state index in [4.69, 9.17) is 0 Å². The van der Waals surface area contributed by atoms with E-state index in [0.717, 1.165) is 12.8 Å². The molecule has 2 aromatic carbocycles. The molecule has 0 bridgehead atoms. The normalized spacial score (nSPS) is 12.6. The van der Waals surface area contributed by atoms with Crippen LogP contribution in [0, 0.1) is 5.92 Å². The fourth-order valence-electron chi connectivity index (χ4n) is 2.23. The van der Waals surface area contributed by atoms with Crippen molar-refractivity contribution in [3.05, 3.63) is 48.0 Å². The fourth-order valence-corrected chi connectivity index (χ4v) is 2.23. The molecule has 1 atom stereocenters. The summed E-state index contributed by atoms with van der Waals surface area (Å²) < 4.78 is 0. The van der Waals surface area contributed by atoms with Crippen molar-refractivity contribution in [1.29, 1.82) is 0 Å². The summed E-state index contributed by atoms with van der Waals surface area (Å²) in [4.78, 5) is 11.4. The summed E-state index contributed by atoms with van der Waals surface area (Å²) in [6, 6.07) is 14.8. The topological polar surface area (TPSA) is 17.1 Å². The number of ketones is 1. The molecule has 0 heterocycles. The van der Waals surface area contributed by atoms with Crippen molar-refractivity contribution in [1.82, 2.24) is 0 Å². The monoisotopic (exact) mass is 226 g/mol. The van der Waals surface area contributed by atoms with E-state index in [9.17, 15) is 4.79 Å². The predicted molar refractivity (Wildman–Crippen MR) is 72.1 cm³/mol. The maximum Gasteiger partial charge on any atom is 0.133 e. The molecule has 0 unspecified atom stereocenters. The van der Waals surface area contributed by atoms with E-state index in [1.54, 1.807) is 6.92 Å². The molecule has 0 aliphatic carbocycles. The highest BCUT2D eigenvalue weighted by atomic mass is 16.1. The SMILES string of the molecule is CC[C@H](Cc1ccc2ccccc2c1)C(C)=O. The van der Waals surface area contributed by atoms with Crippen molar-refractivity contribution in [2.24, 2.45) is 5.92 Å². The zero-order valence-corrected chi connectivity index (χ0v) is 10.4. The number of benzene rings is 2. The lowest BCUT2D eigenvalue weighted by Gasteiger charge is -2.11. The lowest BCUT2D eigenvalue weighted by molar-refractivity contribution is -0.120. The van der Waals surface area contributed by atoms with Crippen LogP contribution in [0.2, 0.25) is 0 Å². The van der Waals surface area contributed by atoms with Crippen molar-refractivity contribution in [2.75, 3.05) is 0 Å². The third-order valence-electron chi connectivity index (χ3n) is 3.36. The molecule has 0 saturated heterocycles. The van der Waals surface area contributed by atoms with Crippen LogP contribution in [0.5, 0.6) is 0 Å². The average molecular weight is 226 g/mol. The Morgan fingerprint density at radius 1 is 1.12 bits per heavy atom. The third-order valence-corrected chi connectivity index (χ3v) is 3.36. The van der Waals surface area contributed by atoms with E-state index in [2.05, 4.69) is 37.3 Å². The fraction of sp³-hybridized carbons (Fsp3) is 0.312. The number of hydrogen-bond donors (Lipinski definition) is 0. The average Bonchev–Trinajstić information content (AvgIpc) is 2.35. The summed E-state index contributed by atoms with van der Waals surface area (Å²) >= 11 is 0. The van der Waals surface area contributed by atoms with E-state index < -0.39 is 0 Å². The zero-order valence-electron chi connectivity index (χ0n) is 10.4. The molecule has 1 heteroatoms. The Labute approximate surface area is 102 Å². The van der Waals surface area contributed by atoms with Crippen LogP contribution in [0.15, 0.2) is 42.5 Å². The standard InChI is InChI=1S/C16H18O/c1-3-14(12(2)17)10-13-8-9-15-6-4-5-7-16(15)11-13/h4-9,11,14H,3,10H2,1-2H3/t14-/m1/s1. The van der Waals surface area contributed by atoms with Gasteiger partial charge in [-0.15, -0.1) is 0 Å². The molecule has 0 aromatic heterocycles. The van der Waals surface area contributed by atoms with Crippen LogP contribution in [-0.2, 0) is 11.2 Å². The first kappa shape index (κ1) is 11.8. The van der Waals surface area contributed by atoms with Gasteiger partial charge in [-0.25, -0.2) is 0 Å². The van der Waals surface area contributed by atoms with Crippen molar-refractivity contribution >= 4 is 16.6 Å². The van der Waals surface area contributed by atoms with Gasteiger partial charge < -0.3 is 0 Å². The number of fused-ring (bicyclic) bond motifs is 1. The van der Waals surface area contributed by atoms with Gasteiger partial charge in [0.25, 0.3) is 0 Å². The Balaban J connectivity index is 2.27. The third kappa shape index (κ3) is 2.73. The smallest absolute Gasteiger partial charge is 0.133 e. The van der Waals surface area contributed by atoms with Crippen molar-refractivity contribution in [3.8, 4) is 0 Å². The minimum absolute atomic E-state index is 0.163. The summed E-state index contributed by atoms with van der Waals surface area (Å²) in [6.07, 6.45) is 1.78. The lowest BCUT2D eigenvalue weighted by Crippen LogP contribution is -2.12. The molecule has 17 heavy (non-hydrogen) atoms. The van der Waals surface area contributed by atoms with Crippen molar-refractivity contribution in [2.45, 2.75) is 26.7 Å². The van der Waals surface area contributed by atoms with Crippen molar-refractivity contribution in [3.63, 3.8) is 0 Å². The largest absolute Gasteiger partial charge is 0.300 e. The number of hydrogen-bond acceptors (Lipinski definition) is 1. The summed E-state index contributed by atoms with van der Waals surface area (Å²) in [5, 5.41) is 2.51. The van der Waals surface area contributed by atoms with Crippen LogP contribution in [0.25, 0.3) is 10.8 Å². The number of rotatable bonds is 4. The van der Waals surface area contributed by atoms with E-state index in [-0.39, 0.29) is 5.92 Å². The predicted octanol–water partition coefficient (Wildman–Crippen LogP) is 4.00. The van der Waals surface area contributed by atoms with Gasteiger partial charge in [0, 0.05) is 5.92 Å². The van der Waals surface area contributed by atoms with Gasteiger partial charge in [-0.2, -0.15) is 0 Å². The van der Waals surface area contributed by atoms with Crippen LogP contribution in [0.3, 0.4) is 0 Å². The van der Waals surface area contributed by atoms with Gasteiger partial charge >= 0.3 is 0 Å². The molecule has 88 valence electrons. The molecule has 2 rings (SSSR count). The summed E-state index contributed by atoms with van der Waals surface area (Å²) in [5.41, 5.74) is 1.26. The first-order valence-corrected chi connectivity index (χ1v) is 6.19. The molecule has 2 aromatic rings. The van der Waals surface area contributed by atoms with Gasteiger partial charge in [0.2, 0.25) is 0 Å². The second-order valence-corrected chi connectivity index (χ2v) is 4.60. The molecule has 0 radical (unpaired) electrons. The van der Waals surface area contributed by atoms with Crippen LogP contribution in [-0.4, -0.2) is 5.78 Å². The van der Waals surface area contributed by atoms with Crippen LogP contribution in [0.4, 0.5) is 0 Å². The molecule has 0 spiro atoms. The quantitative estimate of drug-likeness (QED) is 0.770. The number of carbonyl (C=O) groups is 1. The number of Topliss-reactive ketones (excluding diaryl/α,β-unsaturated/α-hetero) is 1. The molecular weight excluding hydrogens is 208 g/mol. The molecule has 1 nitrogen and oxygen atoms in total. The van der Waals surface area contributed by atoms with Gasteiger partial charge in [0.05, 0.1) is 0 Å². The highest BCUT2D eigenvalue weighted by Crippen LogP contribution is 2.19. The molecule has 0 aliphatic heterocycles.